The van der Waals surface area contributed by atoms with Gasteiger partial charge in [0.25, 0.3) is 0 Å². The van der Waals surface area contributed by atoms with Gasteiger partial charge >= 0.3 is 0 Å². The molecule has 0 aromatic heterocycles. The number of hydrogen-bond donors (Lipinski definition) is 1. The number of benzene rings is 2. The predicted molar refractivity (Wildman–Crippen MR) is 91.4 cm³/mol. The third-order valence-corrected chi connectivity index (χ3v) is 4.43. The fourth-order valence-corrected chi connectivity index (χ4v) is 3.18. The van der Waals surface area contributed by atoms with Gasteiger partial charge in [0.2, 0.25) is 0 Å². The first-order valence-corrected chi connectivity index (χ1v) is 8.35. The summed E-state index contributed by atoms with van der Waals surface area (Å²) >= 11 is 0. The second-order valence-corrected chi connectivity index (χ2v) is 6.05. The Kier molecular flexibility index (Phi) is 5.12. The standard InChI is InChI=1S/C20H25NO/c1-21-14-13-20(17-8-3-2-4-9-17)22-19-12-11-16-7-5-6-10-18(16)15-19/h2-4,8-9,11-12,15,20-21H,5-7,10,13-14H2,1H3. The Morgan fingerprint density at radius 2 is 1.77 bits per heavy atom. The highest BCUT2D eigenvalue weighted by Crippen LogP contribution is 2.29. The van der Waals surface area contributed by atoms with Crippen LogP contribution in [0.5, 0.6) is 5.75 Å². The largest absolute Gasteiger partial charge is 0.486 e. The highest BCUT2D eigenvalue weighted by atomic mass is 16.5. The number of rotatable bonds is 6. The zero-order chi connectivity index (χ0) is 15.2. The fraction of sp³-hybridized carbons (Fsp3) is 0.400. The molecule has 3 rings (SSSR count). The van der Waals surface area contributed by atoms with E-state index < -0.39 is 0 Å². The SMILES string of the molecule is CNCCC(Oc1ccc2c(c1)CCCC2)c1ccccc1. The summed E-state index contributed by atoms with van der Waals surface area (Å²) in [5.74, 6) is 1.01. The van der Waals surface area contributed by atoms with Crippen LogP contribution in [0.15, 0.2) is 48.5 Å². The second kappa shape index (κ2) is 7.46. The van der Waals surface area contributed by atoms with Crippen molar-refractivity contribution in [3.05, 3.63) is 65.2 Å². The van der Waals surface area contributed by atoms with Crippen molar-refractivity contribution in [1.82, 2.24) is 5.32 Å². The summed E-state index contributed by atoms with van der Waals surface area (Å²) in [6, 6.07) is 17.2. The van der Waals surface area contributed by atoms with E-state index >= 15 is 0 Å². The van der Waals surface area contributed by atoms with E-state index in [0.29, 0.717) is 0 Å². The molecule has 116 valence electrons. The Bertz CT molecular complexity index is 594. The summed E-state index contributed by atoms with van der Waals surface area (Å²) in [6.07, 6.45) is 6.12. The molecule has 0 saturated heterocycles. The summed E-state index contributed by atoms with van der Waals surface area (Å²) in [6.45, 7) is 0.949. The van der Waals surface area contributed by atoms with Gasteiger partial charge in [-0.3, -0.25) is 0 Å². The van der Waals surface area contributed by atoms with Gasteiger partial charge in [0, 0.05) is 6.42 Å². The van der Waals surface area contributed by atoms with E-state index in [1.165, 1.54) is 42.4 Å². The molecule has 0 fully saturated rings. The summed E-state index contributed by atoms with van der Waals surface area (Å²) in [5, 5.41) is 3.22. The molecule has 2 aromatic rings. The molecule has 0 spiro atoms. The van der Waals surface area contributed by atoms with E-state index in [0.717, 1.165) is 18.7 Å². The van der Waals surface area contributed by atoms with Crippen LogP contribution in [0, 0.1) is 0 Å². The maximum absolute atomic E-state index is 6.33. The lowest BCUT2D eigenvalue weighted by molar-refractivity contribution is 0.194. The molecular weight excluding hydrogens is 270 g/mol. The van der Waals surface area contributed by atoms with Gasteiger partial charge in [-0.1, -0.05) is 36.4 Å². The Labute approximate surface area is 133 Å². The molecule has 1 aliphatic carbocycles. The molecule has 1 unspecified atom stereocenters. The molecular formula is C20H25NO. The summed E-state index contributed by atoms with van der Waals surface area (Å²) < 4.78 is 6.33. The van der Waals surface area contributed by atoms with Gasteiger partial charge in [-0.15, -0.1) is 0 Å². The third-order valence-electron chi connectivity index (χ3n) is 4.43. The average molecular weight is 295 g/mol. The first kappa shape index (κ1) is 15.1. The normalized spacial score (nSPS) is 15.1. The van der Waals surface area contributed by atoms with E-state index in [4.69, 9.17) is 4.74 Å². The quantitative estimate of drug-likeness (QED) is 0.858. The zero-order valence-corrected chi connectivity index (χ0v) is 13.3. The monoisotopic (exact) mass is 295 g/mol. The molecule has 0 aliphatic heterocycles. The minimum Gasteiger partial charge on any atom is -0.486 e. The number of aryl methyl sites for hydroxylation is 2. The fourth-order valence-electron chi connectivity index (χ4n) is 3.18. The van der Waals surface area contributed by atoms with E-state index in [1.807, 2.05) is 7.05 Å². The van der Waals surface area contributed by atoms with Crippen LogP contribution in [0.1, 0.15) is 42.1 Å². The lowest BCUT2D eigenvalue weighted by atomic mass is 9.92. The summed E-state index contributed by atoms with van der Waals surface area (Å²) in [5.41, 5.74) is 4.23. The van der Waals surface area contributed by atoms with Crippen molar-refractivity contribution >= 4 is 0 Å². The van der Waals surface area contributed by atoms with Crippen LogP contribution in [0.3, 0.4) is 0 Å². The number of ether oxygens (including phenoxy) is 1. The molecule has 0 heterocycles. The summed E-state index contributed by atoms with van der Waals surface area (Å²) in [7, 11) is 1.99. The van der Waals surface area contributed by atoms with Crippen LogP contribution < -0.4 is 10.1 Å². The van der Waals surface area contributed by atoms with Crippen molar-refractivity contribution in [2.24, 2.45) is 0 Å². The van der Waals surface area contributed by atoms with Gasteiger partial charge in [0.05, 0.1) is 0 Å². The first-order valence-electron chi connectivity index (χ1n) is 8.35. The van der Waals surface area contributed by atoms with Gasteiger partial charge in [0.1, 0.15) is 11.9 Å². The maximum Gasteiger partial charge on any atom is 0.125 e. The van der Waals surface area contributed by atoms with Crippen LogP contribution in [0.25, 0.3) is 0 Å². The molecule has 0 amide bonds. The van der Waals surface area contributed by atoms with Crippen molar-refractivity contribution in [2.75, 3.05) is 13.6 Å². The van der Waals surface area contributed by atoms with E-state index in [-0.39, 0.29) is 6.10 Å². The molecule has 2 heteroatoms. The Hall–Kier alpha value is -1.80. The van der Waals surface area contributed by atoms with Gasteiger partial charge in [-0.05, 0) is 68.1 Å². The topological polar surface area (TPSA) is 21.3 Å². The Balaban J connectivity index is 1.78. The molecule has 0 radical (unpaired) electrons. The van der Waals surface area contributed by atoms with Gasteiger partial charge in [-0.25, -0.2) is 0 Å². The highest BCUT2D eigenvalue weighted by Gasteiger charge is 2.15. The maximum atomic E-state index is 6.33. The Morgan fingerprint density at radius 1 is 1.00 bits per heavy atom. The molecule has 0 bridgehead atoms. The van der Waals surface area contributed by atoms with Crippen molar-refractivity contribution in [2.45, 2.75) is 38.2 Å². The van der Waals surface area contributed by atoms with Crippen molar-refractivity contribution in [1.29, 1.82) is 0 Å². The predicted octanol–water partition coefficient (Wildman–Crippen LogP) is 4.30. The van der Waals surface area contributed by atoms with Crippen molar-refractivity contribution in [3.63, 3.8) is 0 Å². The van der Waals surface area contributed by atoms with Gasteiger partial charge < -0.3 is 10.1 Å². The smallest absolute Gasteiger partial charge is 0.125 e. The van der Waals surface area contributed by atoms with Gasteiger partial charge in [-0.2, -0.15) is 0 Å². The van der Waals surface area contributed by atoms with Crippen LogP contribution in [0.4, 0.5) is 0 Å². The zero-order valence-electron chi connectivity index (χ0n) is 13.3. The lowest BCUT2D eigenvalue weighted by Gasteiger charge is -2.22. The van der Waals surface area contributed by atoms with E-state index in [9.17, 15) is 0 Å². The number of hydrogen-bond acceptors (Lipinski definition) is 2. The summed E-state index contributed by atoms with van der Waals surface area (Å²) in [4.78, 5) is 0. The molecule has 1 aliphatic rings. The second-order valence-electron chi connectivity index (χ2n) is 6.05. The van der Waals surface area contributed by atoms with E-state index in [2.05, 4.69) is 53.8 Å². The number of nitrogens with one attached hydrogen (secondary N) is 1. The Morgan fingerprint density at radius 3 is 2.55 bits per heavy atom. The van der Waals surface area contributed by atoms with E-state index in [1.54, 1.807) is 0 Å². The lowest BCUT2D eigenvalue weighted by Crippen LogP contribution is -2.16. The third kappa shape index (κ3) is 3.69. The minimum absolute atomic E-state index is 0.107. The molecule has 2 nitrogen and oxygen atoms in total. The van der Waals surface area contributed by atoms with Crippen LogP contribution in [-0.2, 0) is 12.8 Å². The first-order chi connectivity index (χ1) is 10.9. The molecule has 22 heavy (non-hydrogen) atoms. The molecule has 1 atom stereocenters. The van der Waals surface area contributed by atoms with Crippen molar-refractivity contribution in [3.8, 4) is 5.75 Å². The molecule has 2 aromatic carbocycles. The average Bonchev–Trinajstić information content (AvgIpc) is 2.59. The van der Waals surface area contributed by atoms with Gasteiger partial charge in [0.15, 0.2) is 0 Å². The van der Waals surface area contributed by atoms with Crippen LogP contribution in [0.2, 0.25) is 0 Å². The van der Waals surface area contributed by atoms with Crippen LogP contribution in [-0.4, -0.2) is 13.6 Å². The number of fused-ring (bicyclic) bond motifs is 1. The van der Waals surface area contributed by atoms with Crippen LogP contribution >= 0.6 is 0 Å². The van der Waals surface area contributed by atoms with Crippen molar-refractivity contribution < 1.29 is 4.74 Å². The minimum atomic E-state index is 0.107. The molecule has 1 N–H and O–H groups in total. The molecule has 0 saturated carbocycles. The highest BCUT2D eigenvalue weighted by molar-refractivity contribution is 5.37.